The van der Waals surface area contributed by atoms with Crippen LogP contribution in [0.4, 0.5) is 17.6 Å². The van der Waals surface area contributed by atoms with Gasteiger partial charge in [-0.15, -0.1) is 0 Å². The Hall–Kier alpha value is -3.44. The molecule has 0 saturated heterocycles. The number of rotatable bonds is 5. The maximum Gasteiger partial charge on any atom is 0.416 e. The molecule has 0 atom stereocenters. The smallest absolute Gasteiger partial charge is 0.331 e. The maximum atomic E-state index is 14.7. The van der Waals surface area contributed by atoms with Gasteiger partial charge in [0.25, 0.3) is 5.91 Å². The second kappa shape index (κ2) is 9.21. The molecule has 0 saturated carbocycles. The number of hydrogen-bond donors (Lipinski definition) is 1. The molecule has 1 heterocycles. The first-order valence-corrected chi connectivity index (χ1v) is 12.6. The third-order valence-electron chi connectivity index (χ3n) is 5.49. The summed E-state index contributed by atoms with van der Waals surface area (Å²) < 4.78 is 81.3. The summed E-state index contributed by atoms with van der Waals surface area (Å²) in [5.41, 5.74) is -1.50. The number of nitrogens with one attached hydrogen (secondary N) is 1. The first kappa shape index (κ1) is 25.6. The van der Waals surface area contributed by atoms with Gasteiger partial charge in [0.15, 0.2) is 5.78 Å². The zero-order valence-electron chi connectivity index (χ0n) is 18.5. The number of hydrogen-bond acceptors (Lipinski definition) is 4. The van der Waals surface area contributed by atoms with Crippen molar-refractivity contribution in [1.29, 1.82) is 0 Å². The van der Waals surface area contributed by atoms with Crippen LogP contribution in [0.15, 0.2) is 54.6 Å². The maximum absolute atomic E-state index is 14.7. The van der Waals surface area contributed by atoms with Crippen LogP contribution in [0.1, 0.15) is 33.6 Å². The Kier molecular flexibility index (Phi) is 6.56. The predicted molar refractivity (Wildman–Crippen MR) is 127 cm³/mol. The van der Waals surface area contributed by atoms with Crippen molar-refractivity contribution >= 4 is 49.8 Å². The van der Waals surface area contributed by atoms with E-state index < -0.39 is 45.6 Å². The Morgan fingerprint density at radius 1 is 1.17 bits per heavy atom. The molecule has 2 aromatic carbocycles. The Bertz CT molecular complexity index is 1590. The molecule has 0 radical (unpaired) electrons. The molecule has 188 valence electrons. The van der Waals surface area contributed by atoms with Gasteiger partial charge in [0.05, 0.1) is 18.4 Å². The zero-order valence-corrected chi connectivity index (χ0v) is 20.1. The van der Waals surface area contributed by atoms with Gasteiger partial charge in [-0.1, -0.05) is 29.8 Å². The number of benzene rings is 2. The van der Waals surface area contributed by atoms with Crippen molar-refractivity contribution in [1.82, 2.24) is 9.29 Å². The van der Waals surface area contributed by atoms with Crippen molar-refractivity contribution in [3.8, 4) is 0 Å². The molecule has 6 nitrogen and oxygen atoms in total. The molecule has 1 N–H and O–H groups in total. The number of halogens is 5. The van der Waals surface area contributed by atoms with Crippen LogP contribution in [0.2, 0.25) is 5.02 Å². The normalized spacial score (nSPS) is 14.3. The topological polar surface area (TPSA) is 85.2 Å². The van der Waals surface area contributed by atoms with Gasteiger partial charge in [-0.25, -0.2) is 17.5 Å². The summed E-state index contributed by atoms with van der Waals surface area (Å²) in [6, 6.07) is 6.20. The van der Waals surface area contributed by atoms with E-state index in [0.717, 1.165) is 6.26 Å². The molecule has 3 aromatic rings. The summed E-state index contributed by atoms with van der Waals surface area (Å²) in [7, 11) is -4.08. The van der Waals surface area contributed by atoms with Gasteiger partial charge in [-0.3, -0.25) is 9.59 Å². The lowest BCUT2D eigenvalue weighted by molar-refractivity contribution is -0.137. The molecule has 1 aromatic heterocycles. The van der Waals surface area contributed by atoms with Gasteiger partial charge in [0.1, 0.15) is 11.5 Å². The fourth-order valence-electron chi connectivity index (χ4n) is 4.02. The fraction of sp³-hybridized carbons (Fsp3) is 0.167. The largest absolute Gasteiger partial charge is 0.416 e. The molecule has 36 heavy (non-hydrogen) atoms. The highest BCUT2D eigenvalue weighted by atomic mass is 35.5. The number of Topliss-reactive ketones (excluding diaryl/α,β-unsaturated/α-hetero) is 1. The van der Waals surface area contributed by atoms with Gasteiger partial charge < -0.3 is 4.57 Å². The lowest BCUT2D eigenvalue weighted by Crippen LogP contribution is -2.32. The van der Waals surface area contributed by atoms with Crippen molar-refractivity contribution in [2.24, 2.45) is 0 Å². The molecule has 4 rings (SSSR count). The molecular weight excluding hydrogens is 524 g/mol. The molecule has 0 unspecified atom stereocenters. The summed E-state index contributed by atoms with van der Waals surface area (Å²) in [4.78, 5) is 26.0. The molecule has 1 amide bonds. The van der Waals surface area contributed by atoms with Crippen molar-refractivity contribution < 1.29 is 35.6 Å². The Morgan fingerprint density at radius 3 is 2.53 bits per heavy atom. The van der Waals surface area contributed by atoms with Gasteiger partial charge in [0.2, 0.25) is 10.0 Å². The van der Waals surface area contributed by atoms with Gasteiger partial charge in [0, 0.05) is 39.0 Å². The van der Waals surface area contributed by atoms with Crippen LogP contribution in [0.25, 0.3) is 16.5 Å². The molecule has 0 bridgehead atoms. The summed E-state index contributed by atoms with van der Waals surface area (Å²) in [5.74, 6) is -2.49. The lowest BCUT2D eigenvalue weighted by Gasteiger charge is -2.15. The Balaban J connectivity index is 2.05. The van der Waals surface area contributed by atoms with E-state index in [4.69, 9.17) is 11.6 Å². The van der Waals surface area contributed by atoms with Crippen molar-refractivity contribution in [2.45, 2.75) is 19.1 Å². The van der Waals surface area contributed by atoms with Crippen LogP contribution in [-0.4, -0.2) is 30.9 Å². The lowest BCUT2D eigenvalue weighted by atomic mass is 9.93. The monoisotopic (exact) mass is 540 g/mol. The highest BCUT2D eigenvalue weighted by Crippen LogP contribution is 2.37. The number of nitrogens with zero attached hydrogens (tertiary/aromatic N) is 1. The Labute approximate surface area is 207 Å². The number of fused-ring (bicyclic) bond motifs is 1. The average Bonchev–Trinajstić information content (AvgIpc) is 3.06. The summed E-state index contributed by atoms with van der Waals surface area (Å²) in [6.45, 7) is -0.572. The molecule has 1 aliphatic rings. The van der Waals surface area contributed by atoms with E-state index in [1.807, 2.05) is 4.72 Å². The van der Waals surface area contributed by atoms with Crippen LogP contribution >= 0.6 is 11.6 Å². The molecule has 1 aliphatic carbocycles. The van der Waals surface area contributed by atoms with E-state index in [2.05, 4.69) is 0 Å². The van der Waals surface area contributed by atoms with E-state index in [-0.39, 0.29) is 45.0 Å². The summed E-state index contributed by atoms with van der Waals surface area (Å²) >= 11 is 6.16. The van der Waals surface area contributed by atoms with E-state index >= 15 is 0 Å². The summed E-state index contributed by atoms with van der Waals surface area (Å²) in [6.07, 6.45) is 0.612. The summed E-state index contributed by atoms with van der Waals surface area (Å²) in [5, 5.41) is 0.490. The van der Waals surface area contributed by atoms with Gasteiger partial charge in [-0.2, -0.15) is 13.2 Å². The predicted octanol–water partition coefficient (Wildman–Crippen LogP) is 5.10. The molecule has 0 aliphatic heterocycles. The Morgan fingerprint density at radius 2 is 1.89 bits per heavy atom. The van der Waals surface area contributed by atoms with Crippen LogP contribution < -0.4 is 4.72 Å². The zero-order chi connectivity index (χ0) is 26.4. The minimum atomic E-state index is -4.75. The first-order chi connectivity index (χ1) is 16.8. The average molecular weight is 541 g/mol. The third kappa shape index (κ3) is 5.07. The minimum absolute atomic E-state index is 0.00840. The van der Waals surface area contributed by atoms with Crippen LogP contribution in [0.5, 0.6) is 0 Å². The second-order valence-electron chi connectivity index (χ2n) is 8.11. The minimum Gasteiger partial charge on any atom is -0.331 e. The third-order valence-corrected chi connectivity index (χ3v) is 6.28. The quantitative estimate of drug-likeness (QED) is 0.456. The standard InChI is InChI=1S/C24H17ClF4N2O4S/c1-36(34,35)30-23(33)22-21(16-4-2-3-5-20(16)32)17-11-15(25)7-9-19(17)31(22)12-13-10-14(24(27,28)29)6-8-18(13)26/h2-4,6-11H,5,12H2,1H3,(H,30,33). The number of allylic oxidation sites excluding steroid dienone is 4. The number of ketones is 1. The first-order valence-electron chi connectivity index (χ1n) is 10.4. The van der Waals surface area contributed by atoms with E-state index in [9.17, 15) is 35.6 Å². The van der Waals surface area contributed by atoms with Crippen molar-refractivity contribution in [3.05, 3.63) is 87.9 Å². The SMILES string of the molecule is CS(=O)(=O)NC(=O)c1c(C2=CC=CCC2=O)c2cc(Cl)ccc2n1Cc1cc(C(F)(F)F)ccc1F. The molecule has 12 heteroatoms. The van der Waals surface area contributed by atoms with E-state index in [0.29, 0.717) is 18.2 Å². The highest BCUT2D eigenvalue weighted by molar-refractivity contribution is 7.89. The molecular formula is C24H17ClF4N2O4S. The van der Waals surface area contributed by atoms with E-state index in [1.165, 1.54) is 28.8 Å². The number of carbonyl (C=O) groups is 2. The van der Waals surface area contributed by atoms with Crippen molar-refractivity contribution in [2.75, 3.05) is 6.26 Å². The number of amides is 1. The highest BCUT2D eigenvalue weighted by Gasteiger charge is 2.33. The number of alkyl halides is 3. The van der Waals surface area contributed by atoms with Gasteiger partial charge >= 0.3 is 6.18 Å². The van der Waals surface area contributed by atoms with Gasteiger partial charge in [-0.05, 0) is 36.4 Å². The second-order valence-corrected chi connectivity index (χ2v) is 10.3. The fourth-order valence-corrected chi connectivity index (χ4v) is 4.63. The number of sulfonamides is 1. The molecule has 0 fully saturated rings. The number of carbonyl (C=O) groups excluding carboxylic acids is 2. The van der Waals surface area contributed by atoms with E-state index in [1.54, 1.807) is 12.2 Å². The van der Waals surface area contributed by atoms with Crippen LogP contribution in [-0.2, 0) is 27.5 Å². The van der Waals surface area contributed by atoms with Crippen molar-refractivity contribution in [3.63, 3.8) is 0 Å². The van der Waals surface area contributed by atoms with Crippen LogP contribution in [0, 0.1) is 5.82 Å². The molecule has 0 spiro atoms. The van der Waals surface area contributed by atoms with Crippen LogP contribution in [0.3, 0.4) is 0 Å². The number of aromatic nitrogens is 1.